The van der Waals surface area contributed by atoms with Crippen molar-refractivity contribution in [1.29, 1.82) is 0 Å². The molecule has 2 aromatic carbocycles. The fourth-order valence-electron chi connectivity index (χ4n) is 2.59. The van der Waals surface area contributed by atoms with Gasteiger partial charge in [-0.15, -0.1) is 11.3 Å². The zero-order valence-electron chi connectivity index (χ0n) is 14.8. The number of sulfonamides is 1. The number of benzene rings is 2. The van der Waals surface area contributed by atoms with Crippen LogP contribution in [-0.4, -0.2) is 14.3 Å². The molecule has 0 aliphatic rings. The van der Waals surface area contributed by atoms with Crippen LogP contribution in [0.25, 0.3) is 0 Å². The number of thiophene rings is 1. The number of amides is 1. The van der Waals surface area contributed by atoms with Crippen LogP contribution in [0.4, 0.5) is 5.69 Å². The lowest BCUT2D eigenvalue weighted by molar-refractivity contribution is -0.117. The molecule has 0 spiro atoms. The van der Waals surface area contributed by atoms with Crippen molar-refractivity contribution in [1.82, 2.24) is 4.72 Å². The van der Waals surface area contributed by atoms with E-state index >= 15 is 0 Å². The van der Waals surface area contributed by atoms with Crippen LogP contribution in [0.2, 0.25) is 0 Å². The Hall–Kier alpha value is -2.48. The van der Waals surface area contributed by atoms with E-state index in [0.717, 1.165) is 23.3 Å². The van der Waals surface area contributed by atoms with Gasteiger partial charge in [-0.05, 0) is 41.1 Å². The van der Waals surface area contributed by atoms with Crippen molar-refractivity contribution in [2.24, 2.45) is 0 Å². The van der Waals surface area contributed by atoms with Gasteiger partial charge in [-0.3, -0.25) is 4.79 Å². The quantitative estimate of drug-likeness (QED) is 0.630. The number of carbonyl (C=O) groups is 1. The van der Waals surface area contributed by atoms with E-state index in [4.69, 9.17) is 0 Å². The van der Waals surface area contributed by atoms with E-state index in [1.54, 1.807) is 35.7 Å². The Morgan fingerprint density at radius 1 is 1.00 bits per heavy atom. The zero-order valence-corrected chi connectivity index (χ0v) is 16.4. The predicted octanol–water partition coefficient (Wildman–Crippen LogP) is 3.97. The number of carbonyl (C=O) groups excluding carboxylic acids is 1. The number of hydrogen-bond acceptors (Lipinski definition) is 4. The molecule has 0 fully saturated rings. The van der Waals surface area contributed by atoms with Crippen molar-refractivity contribution in [3.05, 3.63) is 83.2 Å². The SMILES string of the molecule is CCc1ccc(NC(=O)C(NS(=O)(=O)c2cccs2)c2ccccc2)cc1. The highest BCUT2D eigenvalue weighted by molar-refractivity contribution is 7.91. The molecule has 0 bridgehead atoms. The molecule has 7 heteroatoms. The number of anilines is 1. The molecule has 1 heterocycles. The maximum Gasteiger partial charge on any atom is 0.251 e. The molecule has 3 aromatic rings. The molecular formula is C20H20N2O3S2. The molecule has 0 saturated carbocycles. The Bertz CT molecular complexity index is 983. The summed E-state index contributed by atoms with van der Waals surface area (Å²) in [4.78, 5) is 12.9. The topological polar surface area (TPSA) is 75.3 Å². The van der Waals surface area contributed by atoms with Crippen LogP contribution in [0.3, 0.4) is 0 Å². The van der Waals surface area contributed by atoms with E-state index in [9.17, 15) is 13.2 Å². The third kappa shape index (κ3) is 4.82. The molecule has 1 unspecified atom stereocenters. The smallest absolute Gasteiger partial charge is 0.251 e. The summed E-state index contributed by atoms with van der Waals surface area (Å²) in [5.74, 6) is -0.439. The van der Waals surface area contributed by atoms with Gasteiger partial charge < -0.3 is 5.32 Å². The van der Waals surface area contributed by atoms with Crippen molar-refractivity contribution in [2.45, 2.75) is 23.6 Å². The summed E-state index contributed by atoms with van der Waals surface area (Å²) >= 11 is 1.10. The van der Waals surface area contributed by atoms with Crippen molar-refractivity contribution in [3.63, 3.8) is 0 Å². The Kier molecular flexibility index (Phi) is 6.05. The number of nitrogens with one attached hydrogen (secondary N) is 2. The molecule has 0 aliphatic heterocycles. The molecule has 1 amide bonds. The summed E-state index contributed by atoms with van der Waals surface area (Å²) in [6.07, 6.45) is 0.904. The van der Waals surface area contributed by atoms with Crippen LogP contribution in [0.1, 0.15) is 24.1 Å². The fraction of sp³-hybridized carbons (Fsp3) is 0.150. The Morgan fingerprint density at radius 3 is 2.30 bits per heavy atom. The average Bonchev–Trinajstić information content (AvgIpc) is 3.23. The minimum Gasteiger partial charge on any atom is -0.324 e. The molecule has 1 aromatic heterocycles. The van der Waals surface area contributed by atoms with E-state index in [2.05, 4.69) is 17.0 Å². The highest BCUT2D eigenvalue weighted by Gasteiger charge is 2.27. The molecule has 3 rings (SSSR count). The molecule has 140 valence electrons. The first-order valence-electron chi connectivity index (χ1n) is 8.50. The molecule has 1 atom stereocenters. The Balaban J connectivity index is 1.86. The van der Waals surface area contributed by atoms with Crippen molar-refractivity contribution in [2.75, 3.05) is 5.32 Å². The Morgan fingerprint density at radius 2 is 1.70 bits per heavy atom. The average molecular weight is 401 g/mol. The molecule has 2 N–H and O–H groups in total. The third-order valence-corrected chi connectivity index (χ3v) is 6.88. The van der Waals surface area contributed by atoms with Gasteiger partial charge in [0.15, 0.2) is 0 Å². The van der Waals surface area contributed by atoms with Crippen LogP contribution in [0.15, 0.2) is 76.3 Å². The molecule has 0 saturated heterocycles. The summed E-state index contributed by atoms with van der Waals surface area (Å²) < 4.78 is 28.0. The van der Waals surface area contributed by atoms with Crippen LogP contribution in [-0.2, 0) is 21.2 Å². The van der Waals surface area contributed by atoms with E-state index in [1.165, 1.54) is 6.07 Å². The minimum atomic E-state index is -3.80. The molecule has 5 nitrogen and oxygen atoms in total. The molecule has 0 aliphatic carbocycles. The van der Waals surface area contributed by atoms with Gasteiger partial charge in [0.1, 0.15) is 10.3 Å². The first-order valence-corrected chi connectivity index (χ1v) is 10.9. The second-order valence-corrected chi connectivity index (χ2v) is 8.83. The van der Waals surface area contributed by atoms with Crippen LogP contribution in [0.5, 0.6) is 0 Å². The highest BCUT2D eigenvalue weighted by Crippen LogP contribution is 2.22. The maximum atomic E-state index is 12.9. The van der Waals surface area contributed by atoms with Gasteiger partial charge in [0.05, 0.1) is 0 Å². The number of hydrogen-bond donors (Lipinski definition) is 2. The lowest BCUT2D eigenvalue weighted by atomic mass is 10.1. The highest BCUT2D eigenvalue weighted by atomic mass is 32.2. The van der Waals surface area contributed by atoms with E-state index < -0.39 is 22.0 Å². The van der Waals surface area contributed by atoms with Gasteiger partial charge in [-0.1, -0.05) is 55.5 Å². The van der Waals surface area contributed by atoms with E-state index in [0.29, 0.717) is 11.3 Å². The summed E-state index contributed by atoms with van der Waals surface area (Å²) in [7, 11) is -3.80. The number of rotatable bonds is 7. The van der Waals surface area contributed by atoms with Crippen molar-refractivity contribution >= 4 is 33.0 Å². The van der Waals surface area contributed by atoms with Gasteiger partial charge >= 0.3 is 0 Å². The van der Waals surface area contributed by atoms with Crippen LogP contribution >= 0.6 is 11.3 Å². The number of aryl methyl sites for hydroxylation is 1. The van der Waals surface area contributed by atoms with Crippen molar-refractivity contribution in [3.8, 4) is 0 Å². The van der Waals surface area contributed by atoms with Gasteiger partial charge in [0, 0.05) is 5.69 Å². The normalized spacial score (nSPS) is 12.5. The van der Waals surface area contributed by atoms with Crippen LogP contribution in [0, 0.1) is 0 Å². The largest absolute Gasteiger partial charge is 0.324 e. The maximum absolute atomic E-state index is 12.9. The van der Waals surface area contributed by atoms with E-state index in [-0.39, 0.29) is 4.21 Å². The van der Waals surface area contributed by atoms with Gasteiger partial charge in [0.25, 0.3) is 10.0 Å². The standard InChI is InChI=1S/C20H20N2O3S2/c1-2-15-10-12-17(13-11-15)21-20(23)19(16-7-4-3-5-8-16)22-27(24,25)18-9-6-14-26-18/h3-14,19,22H,2H2,1H3,(H,21,23). The van der Waals surface area contributed by atoms with Crippen LogP contribution < -0.4 is 10.0 Å². The minimum absolute atomic E-state index is 0.170. The Labute approximate surface area is 163 Å². The molecule has 0 radical (unpaired) electrons. The first kappa shape index (κ1) is 19.3. The third-order valence-electron chi connectivity index (χ3n) is 4.06. The summed E-state index contributed by atoms with van der Waals surface area (Å²) in [6, 6.07) is 18.4. The van der Waals surface area contributed by atoms with Gasteiger partial charge in [0.2, 0.25) is 5.91 Å². The predicted molar refractivity (Wildman–Crippen MR) is 108 cm³/mol. The summed E-state index contributed by atoms with van der Waals surface area (Å²) in [5, 5.41) is 4.48. The zero-order chi connectivity index (χ0) is 19.3. The molecule has 27 heavy (non-hydrogen) atoms. The second-order valence-electron chi connectivity index (χ2n) is 5.94. The lowest BCUT2D eigenvalue weighted by Crippen LogP contribution is -2.36. The fourth-order valence-corrected chi connectivity index (χ4v) is 4.78. The van der Waals surface area contributed by atoms with Crippen molar-refractivity contribution < 1.29 is 13.2 Å². The second kappa shape index (κ2) is 8.47. The first-order chi connectivity index (χ1) is 13.0. The monoisotopic (exact) mass is 400 g/mol. The summed E-state index contributed by atoms with van der Waals surface area (Å²) in [5.41, 5.74) is 2.35. The van der Waals surface area contributed by atoms with Gasteiger partial charge in [-0.2, -0.15) is 4.72 Å². The van der Waals surface area contributed by atoms with Gasteiger partial charge in [-0.25, -0.2) is 8.42 Å². The van der Waals surface area contributed by atoms with E-state index in [1.807, 2.05) is 30.3 Å². The summed E-state index contributed by atoms with van der Waals surface area (Å²) in [6.45, 7) is 2.05. The molecular weight excluding hydrogens is 380 g/mol. The lowest BCUT2D eigenvalue weighted by Gasteiger charge is -2.18.